The lowest BCUT2D eigenvalue weighted by atomic mass is 10.3. The maximum Gasteiger partial charge on any atom is 0.242 e. The molecule has 1 aliphatic rings. The van der Waals surface area contributed by atoms with Crippen molar-refractivity contribution in [2.45, 2.75) is 30.7 Å². The first-order valence-corrected chi connectivity index (χ1v) is 8.13. The minimum absolute atomic E-state index is 0.0646. The predicted molar refractivity (Wildman–Crippen MR) is 77.0 cm³/mol. The quantitative estimate of drug-likeness (QED) is 0.690. The van der Waals surface area contributed by atoms with Gasteiger partial charge in [0, 0.05) is 12.6 Å². The lowest BCUT2D eigenvalue weighted by molar-refractivity contribution is -0.119. The van der Waals surface area contributed by atoms with Crippen LogP contribution in [0.3, 0.4) is 0 Å². The number of anilines is 1. The monoisotopic (exact) mass is 297 g/mol. The van der Waals surface area contributed by atoms with Gasteiger partial charge >= 0.3 is 0 Å². The summed E-state index contributed by atoms with van der Waals surface area (Å²) in [5.74, 6) is -0.122. The molecular weight excluding hydrogens is 278 g/mol. The molecule has 1 aliphatic carbocycles. The molecule has 1 aromatic carbocycles. The average molecular weight is 297 g/mol. The lowest BCUT2D eigenvalue weighted by Crippen LogP contribution is -2.32. The number of hydrogen-bond donors (Lipinski definition) is 3. The SMILES string of the molecule is CCNS(=O)(=O)c1ccccc1NCC(=O)NC1CC1. The molecule has 6 nitrogen and oxygen atoms in total. The molecule has 0 aromatic heterocycles. The van der Waals surface area contributed by atoms with Crippen LogP contribution < -0.4 is 15.4 Å². The molecule has 1 aromatic rings. The molecule has 3 N–H and O–H groups in total. The molecule has 0 aliphatic heterocycles. The van der Waals surface area contributed by atoms with Gasteiger partial charge in [-0.05, 0) is 25.0 Å². The van der Waals surface area contributed by atoms with E-state index in [9.17, 15) is 13.2 Å². The van der Waals surface area contributed by atoms with Gasteiger partial charge in [-0.2, -0.15) is 0 Å². The summed E-state index contributed by atoms with van der Waals surface area (Å²) < 4.78 is 26.5. The van der Waals surface area contributed by atoms with Crippen molar-refractivity contribution in [2.75, 3.05) is 18.4 Å². The molecule has 20 heavy (non-hydrogen) atoms. The van der Waals surface area contributed by atoms with E-state index in [0.29, 0.717) is 18.3 Å². The Balaban J connectivity index is 2.05. The molecule has 7 heteroatoms. The topological polar surface area (TPSA) is 87.3 Å². The number of carbonyl (C=O) groups is 1. The van der Waals surface area contributed by atoms with E-state index in [2.05, 4.69) is 15.4 Å². The van der Waals surface area contributed by atoms with Gasteiger partial charge in [-0.25, -0.2) is 13.1 Å². The summed E-state index contributed by atoms with van der Waals surface area (Å²) in [6, 6.07) is 6.84. The molecule has 0 spiro atoms. The summed E-state index contributed by atoms with van der Waals surface area (Å²) in [6.07, 6.45) is 2.05. The van der Waals surface area contributed by atoms with Gasteiger partial charge in [0.1, 0.15) is 4.90 Å². The number of amides is 1. The second-order valence-corrected chi connectivity index (χ2v) is 6.43. The maximum absolute atomic E-state index is 12.0. The second-order valence-electron chi connectivity index (χ2n) is 4.69. The molecule has 110 valence electrons. The normalized spacial score (nSPS) is 14.8. The zero-order valence-corrected chi connectivity index (χ0v) is 12.2. The van der Waals surface area contributed by atoms with Crippen LogP contribution >= 0.6 is 0 Å². The Kier molecular flexibility index (Phi) is 4.61. The van der Waals surface area contributed by atoms with Crippen LogP contribution in [0.4, 0.5) is 5.69 Å². The number of carbonyl (C=O) groups excluding carboxylic acids is 1. The van der Waals surface area contributed by atoms with E-state index in [1.165, 1.54) is 6.07 Å². The van der Waals surface area contributed by atoms with Crippen LogP contribution in [0.25, 0.3) is 0 Å². The highest BCUT2D eigenvalue weighted by atomic mass is 32.2. The number of rotatable bonds is 7. The van der Waals surface area contributed by atoms with Crippen molar-refractivity contribution in [3.8, 4) is 0 Å². The van der Waals surface area contributed by atoms with E-state index in [-0.39, 0.29) is 17.3 Å². The summed E-state index contributed by atoms with van der Waals surface area (Å²) in [6.45, 7) is 2.10. The maximum atomic E-state index is 12.0. The molecular formula is C13H19N3O3S. The Hall–Kier alpha value is -1.60. The zero-order chi connectivity index (χ0) is 14.6. The summed E-state index contributed by atoms with van der Waals surface area (Å²) in [5.41, 5.74) is 0.430. The summed E-state index contributed by atoms with van der Waals surface area (Å²) in [4.78, 5) is 11.8. The first-order valence-electron chi connectivity index (χ1n) is 6.65. The molecule has 0 bridgehead atoms. The standard InChI is InChI=1S/C13H19N3O3S/c1-2-15-20(18,19)12-6-4-3-5-11(12)14-9-13(17)16-10-7-8-10/h3-6,10,14-15H,2,7-9H2,1H3,(H,16,17). The van der Waals surface area contributed by atoms with Gasteiger partial charge < -0.3 is 10.6 Å². The smallest absolute Gasteiger partial charge is 0.242 e. The third kappa shape index (κ3) is 3.94. The summed E-state index contributed by atoms with van der Waals surface area (Å²) in [7, 11) is -3.54. The van der Waals surface area contributed by atoms with Crippen molar-refractivity contribution in [3.63, 3.8) is 0 Å². The summed E-state index contributed by atoms with van der Waals surface area (Å²) >= 11 is 0. The minimum atomic E-state index is -3.54. The fourth-order valence-corrected chi connectivity index (χ4v) is 3.02. The number of sulfonamides is 1. The Morgan fingerprint density at radius 1 is 1.30 bits per heavy atom. The van der Waals surface area contributed by atoms with Crippen LogP contribution in [0.1, 0.15) is 19.8 Å². The molecule has 0 heterocycles. The van der Waals surface area contributed by atoms with E-state index in [1.54, 1.807) is 25.1 Å². The first kappa shape index (κ1) is 14.8. The molecule has 1 amide bonds. The fourth-order valence-electron chi connectivity index (χ4n) is 1.80. The van der Waals surface area contributed by atoms with Crippen LogP contribution in [0.5, 0.6) is 0 Å². The van der Waals surface area contributed by atoms with Gasteiger partial charge in [-0.15, -0.1) is 0 Å². The van der Waals surface area contributed by atoms with Crippen molar-refractivity contribution in [1.29, 1.82) is 0 Å². The van der Waals surface area contributed by atoms with Crippen LogP contribution in [0.2, 0.25) is 0 Å². The molecule has 2 rings (SSSR count). The molecule has 0 radical (unpaired) electrons. The molecule has 0 unspecified atom stereocenters. The number of hydrogen-bond acceptors (Lipinski definition) is 4. The lowest BCUT2D eigenvalue weighted by Gasteiger charge is -2.12. The first-order chi connectivity index (χ1) is 9.53. The molecule has 1 fully saturated rings. The van der Waals surface area contributed by atoms with Gasteiger partial charge in [0.15, 0.2) is 0 Å². The Morgan fingerprint density at radius 2 is 2.00 bits per heavy atom. The van der Waals surface area contributed by atoms with Crippen molar-refractivity contribution in [1.82, 2.24) is 10.0 Å². The highest BCUT2D eigenvalue weighted by molar-refractivity contribution is 7.89. The van der Waals surface area contributed by atoms with E-state index < -0.39 is 10.0 Å². The van der Waals surface area contributed by atoms with Crippen molar-refractivity contribution in [3.05, 3.63) is 24.3 Å². The van der Waals surface area contributed by atoms with Crippen molar-refractivity contribution in [2.24, 2.45) is 0 Å². The van der Waals surface area contributed by atoms with Crippen LogP contribution in [0.15, 0.2) is 29.2 Å². The highest BCUT2D eigenvalue weighted by Gasteiger charge is 2.23. The number of benzene rings is 1. The summed E-state index contributed by atoms with van der Waals surface area (Å²) in [5, 5.41) is 5.72. The van der Waals surface area contributed by atoms with E-state index in [4.69, 9.17) is 0 Å². The Morgan fingerprint density at radius 3 is 2.65 bits per heavy atom. The number of nitrogens with one attached hydrogen (secondary N) is 3. The third-order valence-electron chi connectivity index (χ3n) is 2.89. The van der Waals surface area contributed by atoms with Gasteiger partial charge in [0.25, 0.3) is 0 Å². The Labute approximate surface area is 119 Å². The van der Waals surface area contributed by atoms with Gasteiger partial charge in [0.2, 0.25) is 15.9 Å². The second kappa shape index (κ2) is 6.23. The molecule has 0 saturated heterocycles. The van der Waals surface area contributed by atoms with Crippen LogP contribution in [-0.4, -0.2) is 33.5 Å². The molecule has 0 atom stereocenters. The average Bonchev–Trinajstić information content (AvgIpc) is 3.20. The van der Waals surface area contributed by atoms with Crippen LogP contribution in [-0.2, 0) is 14.8 Å². The third-order valence-corrected chi connectivity index (χ3v) is 4.50. The largest absolute Gasteiger partial charge is 0.375 e. The van der Waals surface area contributed by atoms with E-state index >= 15 is 0 Å². The van der Waals surface area contributed by atoms with Crippen molar-refractivity contribution >= 4 is 21.6 Å². The number of para-hydroxylation sites is 1. The van der Waals surface area contributed by atoms with E-state index in [1.807, 2.05) is 0 Å². The van der Waals surface area contributed by atoms with Gasteiger partial charge in [-0.1, -0.05) is 19.1 Å². The highest BCUT2D eigenvalue weighted by Crippen LogP contribution is 2.21. The van der Waals surface area contributed by atoms with Gasteiger partial charge in [-0.3, -0.25) is 4.79 Å². The zero-order valence-electron chi connectivity index (χ0n) is 11.3. The minimum Gasteiger partial charge on any atom is -0.375 e. The van der Waals surface area contributed by atoms with Gasteiger partial charge in [0.05, 0.1) is 12.2 Å². The van der Waals surface area contributed by atoms with E-state index in [0.717, 1.165) is 12.8 Å². The Bertz CT molecular complexity index is 582. The predicted octanol–water partition coefficient (Wildman–Crippen LogP) is 0.675. The van der Waals surface area contributed by atoms with Crippen molar-refractivity contribution < 1.29 is 13.2 Å². The molecule has 1 saturated carbocycles. The fraction of sp³-hybridized carbons (Fsp3) is 0.462. The van der Waals surface area contributed by atoms with Crippen LogP contribution in [0, 0.1) is 0 Å².